The van der Waals surface area contributed by atoms with Gasteiger partial charge in [0.05, 0.1) is 0 Å². The minimum Gasteiger partial charge on any atom is -0.400 e. The van der Waals surface area contributed by atoms with E-state index in [1.54, 1.807) is 0 Å². The molecule has 1 aliphatic carbocycles. The van der Waals surface area contributed by atoms with Crippen LogP contribution in [0.15, 0.2) is 0 Å². The topological polar surface area (TPSA) is 20.2 Å². The van der Waals surface area contributed by atoms with Crippen molar-refractivity contribution in [2.45, 2.75) is 45.4 Å². The normalized spacial score (nSPS) is 19.5. The van der Waals surface area contributed by atoms with Crippen molar-refractivity contribution >= 4 is 0 Å². The molecule has 0 unspecified atom stereocenters. The van der Waals surface area contributed by atoms with Crippen molar-refractivity contribution in [1.29, 1.82) is 0 Å². The van der Waals surface area contributed by atoms with Gasteiger partial charge in [-0.2, -0.15) is 0 Å². The average molecular weight is 144 g/mol. The molecule has 0 aliphatic heterocycles. The van der Waals surface area contributed by atoms with Crippen LogP contribution in [0, 0.1) is 5.92 Å². The molecule has 1 N–H and O–H groups in total. The van der Waals surface area contributed by atoms with Gasteiger partial charge in [-0.3, -0.25) is 0 Å². The molecule has 0 saturated heterocycles. The standard InChI is InChI=1S/C8H16.CH4O/c1-2-8-6-4-3-5-7-8;1-2/h8H,2-7H2,1H3;2H,1H3. The van der Waals surface area contributed by atoms with Gasteiger partial charge in [-0.15, -0.1) is 0 Å². The van der Waals surface area contributed by atoms with E-state index in [-0.39, 0.29) is 0 Å². The lowest BCUT2D eigenvalue weighted by Crippen LogP contribution is -2.03. The van der Waals surface area contributed by atoms with Gasteiger partial charge in [-0.1, -0.05) is 45.4 Å². The summed E-state index contributed by atoms with van der Waals surface area (Å²) in [6, 6.07) is 0. The molecule has 1 aliphatic rings. The molecule has 10 heavy (non-hydrogen) atoms. The zero-order chi connectivity index (χ0) is 7.82. The lowest BCUT2D eigenvalue weighted by molar-refractivity contribution is 0.349. The zero-order valence-electron chi connectivity index (χ0n) is 7.27. The number of hydrogen-bond donors (Lipinski definition) is 1. The summed E-state index contributed by atoms with van der Waals surface area (Å²) in [4.78, 5) is 0. The summed E-state index contributed by atoms with van der Waals surface area (Å²) >= 11 is 0. The summed E-state index contributed by atoms with van der Waals surface area (Å²) in [5, 5.41) is 7.00. The highest BCUT2D eigenvalue weighted by Crippen LogP contribution is 2.25. The second-order valence-corrected chi connectivity index (χ2v) is 2.91. The minimum atomic E-state index is 1.00. The van der Waals surface area contributed by atoms with E-state index in [0.717, 1.165) is 13.0 Å². The molecule has 0 aromatic heterocycles. The molecule has 1 rings (SSSR count). The van der Waals surface area contributed by atoms with Crippen LogP contribution in [-0.4, -0.2) is 12.2 Å². The van der Waals surface area contributed by atoms with Crippen LogP contribution in [-0.2, 0) is 0 Å². The van der Waals surface area contributed by atoms with Gasteiger partial charge in [-0.25, -0.2) is 0 Å². The summed E-state index contributed by atoms with van der Waals surface area (Å²) in [6.45, 7) is 2.32. The van der Waals surface area contributed by atoms with Gasteiger partial charge in [0, 0.05) is 7.11 Å². The second kappa shape index (κ2) is 7.07. The van der Waals surface area contributed by atoms with Crippen molar-refractivity contribution in [1.82, 2.24) is 0 Å². The van der Waals surface area contributed by atoms with Crippen molar-refractivity contribution in [3.05, 3.63) is 0 Å². The van der Waals surface area contributed by atoms with Crippen LogP contribution in [0.25, 0.3) is 0 Å². The highest BCUT2D eigenvalue weighted by Gasteiger charge is 2.09. The van der Waals surface area contributed by atoms with Crippen LogP contribution in [0.4, 0.5) is 0 Å². The Morgan fingerprint density at radius 2 is 1.60 bits per heavy atom. The second-order valence-electron chi connectivity index (χ2n) is 2.91. The molecule has 0 radical (unpaired) electrons. The molecule has 1 saturated carbocycles. The van der Waals surface area contributed by atoms with Crippen molar-refractivity contribution < 1.29 is 5.11 Å². The van der Waals surface area contributed by atoms with E-state index >= 15 is 0 Å². The third kappa shape index (κ3) is 3.89. The van der Waals surface area contributed by atoms with Crippen molar-refractivity contribution in [2.24, 2.45) is 5.92 Å². The lowest BCUT2D eigenvalue weighted by Gasteiger charge is -2.18. The molecule has 0 aromatic carbocycles. The first-order valence-corrected chi connectivity index (χ1v) is 4.38. The highest BCUT2D eigenvalue weighted by atomic mass is 16.2. The van der Waals surface area contributed by atoms with Gasteiger partial charge < -0.3 is 5.11 Å². The van der Waals surface area contributed by atoms with Gasteiger partial charge >= 0.3 is 0 Å². The molecular weight excluding hydrogens is 124 g/mol. The Hall–Kier alpha value is -0.0400. The predicted molar refractivity (Wildman–Crippen MR) is 45.0 cm³/mol. The van der Waals surface area contributed by atoms with E-state index in [4.69, 9.17) is 5.11 Å². The number of aliphatic hydroxyl groups excluding tert-OH is 1. The first-order chi connectivity index (χ1) is 4.93. The summed E-state index contributed by atoms with van der Waals surface area (Å²) in [5.74, 6) is 1.09. The van der Waals surface area contributed by atoms with E-state index in [1.165, 1.54) is 38.5 Å². The largest absolute Gasteiger partial charge is 0.400 e. The highest BCUT2D eigenvalue weighted by molar-refractivity contribution is 4.63. The van der Waals surface area contributed by atoms with Gasteiger partial charge in [0.1, 0.15) is 0 Å². The third-order valence-corrected chi connectivity index (χ3v) is 2.30. The van der Waals surface area contributed by atoms with Gasteiger partial charge in [0.15, 0.2) is 0 Å². The molecule has 0 bridgehead atoms. The molecule has 0 spiro atoms. The van der Waals surface area contributed by atoms with Crippen LogP contribution in [0.3, 0.4) is 0 Å². The number of aliphatic hydroxyl groups is 1. The molecule has 62 valence electrons. The van der Waals surface area contributed by atoms with E-state index in [2.05, 4.69) is 6.92 Å². The third-order valence-electron chi connectivity index (χ3n) is 2.30. The summed E-state index contributed by atoms with van der Waals surface area (Å²) < 4.78 is 0. The fourth-order valence-corrected chi connectivity index (χ4v) is 1.60. The zero-order valence-corrected chi connectivity index (χ0v) is 7.27. The quantitative estimate of drug-likeness (QED) is 0.599. The molecule has 1 fully saturated rings. The molecule has 1 nitrogen and oxygen atoms in total. The van der Waals surface area contributed by atoms with Gasteiger partial charge in [-0.05, 0) is 5.92 Å². The maximum absolute atomic E-state index is 7.00. The lowest BCUT2D eigenvalue weighted by atomic mass is 9.88. The minimum absolute atomic E-state index is 1.00. The van der Waals surface area contributed by atoms with Gasteiger partial charge in [0.25, 0.3) is 0 Å². The summed E-state index contributed by atoms with van der Waals surface area (Å²) in [7, 11) is 1.00. The SMILES string of the molecule is CCC1CCCCC1.CO. The monoisotopic (exact) mass is 144 g/mol. The Bertz CT molecular complexity index is 55.7. The van der Waals surface area contributed by atoms with Crippen molar-refractivity contribution in [2.75, 3.05) is 7.11 Å². The maximum atomic E-state index is 7.00. The summed E-state index contributed by atoms with van der Waals surface area (Å²) in [5.41, 5.74) is 0. The van der Waals surface area contributed by atoms with Crippen molar-refractivity contribution in [3.63, 3.8) is 0 Å². The Kier molecular flexibility index (Phi) is 7.04. The average Bonchev–Trinajstić information content (AvgIpc) is 2.10. The molecule has 0 amide bonds. The van der Waals surface area contributed by atoms with E-state index < -0.39 is 0 Å². The molecule has 0 aromatic rings. The maximum Gasteiger partial charge on any atom is 0.0319 e. The van der Waals surface area contributed by atoms with Gasteiger partial charge in [0.2, 0.25) is 0 Å². The summed E-state index contributed by atoms with van der Waals surface area (Å²) in [6.07, 6.45) is 8.93. The van der Waals surface area contributed by atoms with E-state index in [9.17, 15) is 0 Å². The Morgan fingerprint density at radius 3 is 1.90 bits per heavy atom. The predicted octanol–water partition coefficient (Wildman–Crippen LogP) is 2.59. The first kappa shape index (κ1) is 9.96. The van der Waals surface area contributed by atoms with E-state index in [0.29, 0.717) is 0 Å². The van der Waals surface area contributed by atoms with E-state index in [1.807, 2.05) is 0 Å². The van der Waals surface area contributed by atoms with Crippen LogP contribution in [0.1, 0.15) is 45.4 Å². The molecule has 1 heteroatoms. The van der Waals surface area contributed by atoms with Crippen LogP contribution < -0.4 is 0 Å². The fourth-order valence-electron chi connectivity index (χ4n) is 1.60. The fraction of sp³-hybridized carbons (Fsp3) is 1.00. The van der Waals surface area contributed by atoms with Crippen molar-refractivity contribution in [3.8, 4) is 0 Å². The Morgan fingerprint density at radius 1 is 1.10 bits per heavy atom. The smallest absolute Gasteiger partial charge is 0.0319 e. The molecule has 0 heterocycles. The Balaban J connectivity index is 0.000000371. The van der Waals surface area contributed by atoms with Crippen LogP contribution in [0.2, 0.25) is 0 Å². The first-order valence-electron chi connectivity index (χ1n) is 4.38. The van der Waals surface area contributed by atoms with Crippen LogP contribution >= 0.6 is 0 Å². The molecule has 0 atom stereocenters. The van der Waals surface area contributed by atoms with Crippen LogP contribution in [0.5, 0.6) is 0 Å². The Labute approximate surface area is 64.5 Å². The number of hydrogen-bond acceptors (Lipinski definition) is 1. The number of rotatable bonds is 1. The molecular formula is C9H20O.